The van der Waals surface area contributed by atoms with Crippen molar-refractivity contribution >= 4 is 10.9 Å². The number of aliphatic hydroxyl groups excluding tert-OH is 1. The molecule has 0 amide bonds. The minimum atomic E-state index is -0.403. The van der Waals surface area contributed by atoms with Gasteiger partial charge in [0.15, 0.2) is 0 Å². The first kappa shape index (κ1) is 12.5. The number of hydrogen-bond acceptors (Lipinski definition) is 2. The topological polar surface area (TPSA) is 34.4 Å². The Morgan fingerprint density at radius 3 is 2.79 bits per heavy atom. The second-order valence-electron chi connectivity index (χ2n) is 6.19. The molecule has 102 valence electrons. The third kappa shape index (κ3) is 1.68. The summed E-state index contributed by atoms with van der Waals surface area (Å²) in [7, 11) is 1.68. The van der Waals surface area contributed by atoms with E-state index in [2.05, 4.69) is 37.5 Å². The van der Waals surface area contributed by atoms with E-state index in [1.165, 1.54) is 16.5 Å². The Hall–Kier alpha value is -1.48. The molecule has 0 saturated carbocycles. The maximum absolute atomic E-state index is 10.6. The molecule has 2 aromatic rings. The van der Waals surface area contributed by atoms with E-state index in [1.807, 2.05) is 6.07 Å². The second kappa shape index (κ2) is 4.01. The van der Waals surface area contributed by atoms with Gasteiger partial charge in [-0.3, -0.25) is 0 Å². The Kier molecular flexibility index (Phi) is 2.65. The van der Waals surface area contributed by atoms with Crippen LogP contribution in [0.3, 0.4) is 0 Å². The van der Waals surface area contributed by atoms with Crippen molar-refractivity contribution in [2.75, 3.05) is 7.11 Å². The van der Waals surface area contributed by atoms with E-state index in [-0.39, 0.29) is 5.41 Å². The monoisotopic (exact) mass is 259 g/mol. The largest absolute Gasteiger partial charge is 0.497 e. The zero-order valence-corrected chi connectivity index (χ0v) is 12.0. The van der Waals surface area contributed by atoms with Crippen LogP contribution in [0.25, 0.3) is 10.9 Å². The standard InChI is InChI=1S/C16H21NO2/c1-10-12-9-11(19-4)5-6-13(12)17-8-7-16(2,3)15(18)14(10)17/h5-6,9,15,18H,7-8H2,1-4H3. The molecular weight excluding hydrogens is 238 g/mol. The lowest BCUT2D eigenvalue weighted by Gasteiger charge is -2.37. The van der Waals surface area contributed by atoms with Gasteiger partial charge in [-0.2, -0.15) is 0 Å². The number of ether oxygens (including phenoxy) is 1. The van der Waals surface area contributed by atoms with E-state index in [1.54, 1.807) is 7.11 Å². The molecule has 1 aliphatic rings. The van der Waals surface area contributed by atoms with Crippen LogP contribution in [-0.4, -0.2) is 16.8 Å². The minimum absolute atomic E-state index is 0.0563. The molecule has 0 fully saturated rings. The maximum atomic E-state index is 10.6. The van der Waals surface area contributed by atoms with Crippen LogP contribution in [0, 0.1) is 12.3 Å². The lowest BCUT2D eigenvalue weighted by atomic mass is 9.78. The minimum Gasteiger partial charge on any atom is -0.497 e. The third-order valence-corrected chi connectivity index (χ3v) is 4.55. The molecule has 3 heteroatoms. The van der Waals surface area contributed by atoms with E-state index in [0.717, 1.165) is 24.4 Å². The molecule has 3 nitrogen and oxygen atoms in total. The van der Waals surface area contributed by atoms with Crippen molar-refractivity contribution in [2.45, 2.75) is 39.8 Å². The van der Waals surface area contributed by atoms with Gasteiger partial charge in [-0.05, 0) is 42.5 Å². The number of fused-ring (bicyclic) bond motifs is 3. The molecule has 1 aromatic carbocycles. The van der Waals surface area contributed by atoms with Crippen LogP contribution < -0.4 is 4.74 Å². The summed E-state index contributed by atoms with van der Waals surface area (Å²) in [6, 6.07) is 6.15. The molecule has 1 aromatic heterocycles. The molecule has 0 radical (unpaired) electrons. The van der Waals surface area contributed by atoms with Crippen molar-refractivity contribution in [3.05, 3.63) is 29.5 Å². The van der Waals surface area contributed by atoms with Crippen molar-refractivity contribution < 1.29 is 9.84 Å². The van der Waals surface area contributed by atoms with Crippen molar-refractivity contribution in [3.63, 3.8) is 0 Å². The smallest absolute Gasteiger partial charge is 0.119 e. The number of rotatable bonds is 1. The number of hydrogen-bond donors (Lipinski definition) is 1. The average Bonchev–Trinajstić information content (AvgIpc) is 2.67. The summed E-state index contributed by atoms with van der Waals surface area (Å²) >= 11 is 0. The summed E-state index contributed by atoms with van der Waals surface area (Å²) in [4.78, 5) is 0. The molecule has 0 spiro atoms. The van der Waals surface area contributed by atoms with Gasteiger partial charge < -0.3 is 14.4 Å². The highest BCUT2D eigenvalue weighted by Gasteiger charge is 2.37. The van der Waals surface area contributed by atoms with Crippen LogP contribution in [-0.2, 0) is 6.54 Å². The number of methoxy groups -OCH3 is 1. The number of aliphatic hydroxyl groups is 1. The Morgan fingerprint density at radius 2 is 2.11 bits per heavy atom. The number of aromatic nitrogens is 1. The van der Waals surface area contributed by atoms with Crippen LogP contribution >= 0.6 is 0 Å². The molecule has 2 heterocycles. The molecule has 1 atom stereocenters. The Bertz CT molecular complexity index is 640. The lowest BCUT2D eigenvalue weighted by Crippen LogP contribution is -2.31. The van der Waals surface area contributed by atoms with Gasteiger partial charge in [-0.25, -0.2) is 0 Å². The van der Waals surface area contributed by atoms with Gasteiger partial charge in [0.05, 0.1) is 18.9 Å². The molecule has 1 unspecified atom stereocenters. The fourth-order valence-corrected chi connectivity index (χ4v) is 3.15. The van der Waals surface area contributed by atoms with Gasteiger partial charge >= 0.3 is 0 Å². The van der Waals surface area contributed by atoms with E-state index in [4.69, 9.17) is 4.74 Å². The van der Waals surface area contributed by atoms with E-state index in [9.17, 15) is 5.11 Å². The van der Waals surface area contributed by atoms with Crippen molar-refractivity contribution in [1.82, 2.24) is 4.57 Å². The van der Waals surface area contributed by atoms with Crippen LogP contribution in [0.15, 0.2) is 18.2 Å². The molecule has 3 rings (SSSR count). The van der Waals surface area contributed by atoms with Crippen LogP contribution in [0.2, 0.25) is 0 Å². The normalized spacial score (nSPS) is 21.4. The van der Waals surface area contributed by atoms with E-state index in [0.29, 0.717) is 0 Å². The zero-order valence-electron chi connectivity index (χ0n) is 12.0. The second-order valence-corrected chi connectivity index (χ2v) is 6.19. The third-order valence-electron chi connectivity index (χ3n) is 4.55. The predicted octanol–water partition coefficient (Wildman–Crippen LogP) is 3.42. The molecule has 0 aliphatic carbocycles. The first-order valence-corrected chi connectivity index (χ1v) is 6.80. The highest BCUT2D eigenvalue weighted by Crippen LogP contribution is 2.45. The van der Waals surface area contributed by atoms with Gasteiger partial charge in [0.1, 0.15) is 5.75 Å². The lowest BCUT2D eigenvalue weighted by molar-refractivity contribution is 0.0179. The van der Waals surface area contributed by atoms with Gasteiger partial charge in [0, 0.05) is 17.4 Å². The number of benzene rings is 1. The van der Waals surface area contributed by atoms with Gasteiger partial charge in [-0.15, -0.1) is 0 Å². The van der Waals surface area contributed by atoms with Crippen molar-refractivity contribution in [1.29, 1.82) is 0 Å². The van der Waals surface area contributed by atoms with Crippen LogP contribution in [0.5, 0.6) is 5.75 Å². The summed E-state index contributed by atoms with van der Waals surface area (Å²) in [5, 5.41) is 11.8. The number of nitrogens with zero attached hydrogens (tertiary/aromatic N) is 1. The zero-order chi connectivity index (χ0) is 13.8. The summed E-state index contributed by atoms with van der Waals surface area (Å²) in [6.45, 7) is 7.34. The molecule has 0 bridgehead atoms. The highest BCUT2D eigenvalue weighted by atomic mass is 16.5. The van der Waals surface area contributed by atoms with E-state index < -0.39 is 6.10 Å². The van der Waals surface area contributed by atoms with Gasteiger partial charge in [0.2, 0.25) is 0 Å². The molecular formula is C16H21NO2. The summed E-state index contributed by atoms with van der Waals surface area (Å²) in [6.07, 6.45) is 0.593. The van der Waals surface area contributed by atoms with Crippen LogP contribution in [0.4, 0.5) is 0 Å². The first-order chi connectivity index (χ1) is 8.95. The molecule has 19 heavy (non-hydrogen) atoms. The average molecular weight is 259 g/mol. The Labute approximate surface area is 113 Å². The summed E-state index contributed by atoms with van der Waals surface area (Å²) < 4.78 is 7.57. The predicted molar refractivity (Wildman–Crippen MR) is 76.6 cm³/mol. The quantitative estimate of drug-likeness (QED) is 0.851. The summed E-state index contributed by atoms with van der Waals surface area (Å²) in [5.74, 6) is 0.868. The molecule has 0 saturated heterocycles. The fraction of sp³-hybridized carbons (Fsp3) is 0.500. The fourth-order valence-electron chi connectivity index (χ4n) is 3.15. The first-order valence-electron chi connectivity index (χ1n) is 6.80. The molecule has 1 aliphatic heterocycles. The molecule has 1 N–H and O–H groups in total. The SMILES string of the molecule is COc1ccc2c(c1)c(C)c1n2CCC(C)(C)C1O. The highest BCUT2D eigenvalue weighted by molar-refractivity contribution is 5.87. The van der Waals surface area contributed by atoms with Gasteiger partial charge in [0.25, 0.3) is 0 Å². The summed E-state index contributed by atoms with van der Waals surface area (Å²) in [5.41, 5.74) is 3.38. The number of aryl methyl sites for hydroxylation is 2. The Balaban J connectivity index is 2.28. The maximum Gasteiger partial charge on any atom is 0.119 e. The van der Waals surface area contributed by atoms with E-state index >= 15 is 0 Å². The van der Waals surface area contributed by atoms with Gasteiger partial charge in [-0.1, -0.05) is 13.8 Å². The van der Waals surface area contributed by atoms with Crippen molar-refractivity contribution in [3.8, 4) is 5.75 Å². The van der Waals surface area contributed by atoms with Crippen LogP contribution in [0.1, 0.15) is 37.6 Å². The van der Waals surface area contributed by atoms with Crippen molar-refractivity contribution in [2.24, 2.45) is 5.41 Å². The Morgan fingerprint density at radius 1 is 1.37 bits per heavy atom.